The normalized spacial score (nSPS) is 20.3. The maximum absolute atomic E-state index is 13.9. The number of amides is 5. The van der Waals surface area contributed by atoms with E-state index in [-0.39, 0.29) is 47.7 Å². The molecule has 2 heterocycles. The summed E-state index contributed by atoms with van der Waals surface area (Å²) in [5, 5.41) is 2.90. The average molecular weight is 938 g/mol. The van der Waals surface area contributed by atoms with E-state index in [0.29, 0.717) is 67.5 Å². The van der Waals surface area contributed by atoms with E-state index in [4.69, 9.17) is 9.47 Å². The lowest BCUT2D eigenvalue weighted by Gasteiger charge is -2.45. The standard InChI is InChI=1S/C29H43N3O4.C27H40N2O3/c1-5-26(33)30-16-17-31-24-19-23(27(34)32(20(2)3)22-12-8-6-9-13-22)21(4)18-25(24)36-29(28(31)35)14-10-7-11-15-29;1-5-16-28-23-18-22(25(30)29(19(2)3)21-12-8-6-9-13-21)20(4)17-24(23)32-27(26(28)31)14-10-7-11-15-27/h18-20,22H,5-17H2,1-4H3,(H,30,33);17-19,21H,5-16H2,1-4H3. The number of ether oxygens (including phenoxy) is 2. The summed E-state index contributed by atoms with van der Waals surface area (Å²) < 4.78 is 13.0. The molecule has 374 valence electrons. The van der Waals surface area contributed by atoms with Crippen molar-refractivity contribution in [3.63, 3.8) is 0 Å². The van der Waals surface area contributed by atoms with Crippen LogP contribution in [0.4, 0.5) is 11.4 Å². The first-order valence-corrected chi connectivity index (χ1v) is 26.9. The van der Waals surface area contributed by atoms with Crippen LogP contribution in [0.15, 0.2) is 24.3 Å². The molecular weight excluding hydrogens is 855 g/mol. The molecule has 4 fully saturated rings. The Labute approximate surface area is 407 Å². The van der Waals surface area contributed by atoms with E-state index >= 15 is 0 Å². The third-order valence-corrected chi connectivity index (χ3v) is 15.8. The zero-order valence-corrected chi connectivity index (χ0v) is 42.9. The van der Waals surface area contributed by atoms with E-state index in [1.54, 1.807) is 4.90 Å². The highest BCUT2D eigenvalue weighted by Gasteiger charge is 2.50. The van der Waals surface area contributed by atoms with Gasteiger partial charge in [0.1, 0.15) is 11.5 Å². The van der Waals surface area contributed by atoms with Crippen LogP contribution in [0.25, 0.3) is 0 Å². The Bertz CT molecular complexity index is 2130. The van der Waals surface area contributed by atoms with Gasteiger partial charge in [0.25, 0.3) is 23.6 Å². The van der Waals surface area contributed by atoms with Gasteiger partial charge < -0.3 is 34.4 Å². The molecule has 1 N–H and O–H groups in total. The molecule has 4 saturated carbocycles. The number of hydrogen-bond donors (Lipinski definition) is 1. The van der Waals surface area contributed by atoms with Crippen LogP contribution in [0.5, 0.6) is 11.5 Å². The number of nitrogens with zero attached hydrogens (tertiary/aromatic N) is 4. The first-order chi connectivity index (χ1) is 32.6. The van der Waals surface area contributed by atoms with Gasteiger partial charge in [0.2, 0.25) is 5.91 Å². The van der Waals surface area contributed by atoms with Crippen molar-refractivity contribution in [2.24, 2.45) is 0 Å². The summed E-state index contributed by atoms with van der Waals surface area (Å²) in [4.78, 5) is 74.9. The van der Waals surface area contributed by atoms with E-state index < -0.39 is 11.2 Å². The lowest BCUT2D eigenvalue weighted by molar-refractivity contribution is -0.139. The van der Waals surface area contributed by atoms with Crippen molar-refractivity contribution in [2.45, 2.75) is 232 Å². The van der Waals surface area contributed by atoms with Crippen molar-refractivity contribution in [1.29, 1.82) is 0 Å². The molecule has 2 aromatic carbocycles. The minimum absolute atomic E-state index is 0.0295. The first kappa shape index (κ1) is 51.2. The Balaban J connectivity index is 0.000000203. The first-order valence-electron chi connectivity index (χ1n) is 26.9. The van der Waals surface area contributed by atoms with Crippen LogP contribution < -0.4 is 24.6 Å². The SMILES string of the molecule is CCC(=O)NCCN1C(=O)C2(CCCCC2)Oc2cc(C)c(C(=O)N(C(C)C)C3CCCCC3)cc21.CCCN1C(=O)C2(CCCCC2)Oc2cc(C)c(C(=O)N(C(C)C)C3CCCCC3)cc21. The lowest BCUT2D eigenvalue weighted by Crippen LogP contribution is -2.58. The predicted octanol–water partition coefficient (Wildman–Crippen LogP) is 11.1. The zero-order valence-electron chi connectivity index (χ0n) is 42.9. The lowest BCUT2D eigenvalue weighted by atomic mass is 9.82. The summed E-state index contributed by atoms with van der Waals surface area (Å²) in [6.07, 6.45) is 22.0. The van der Waals surface area contributed by atoms with Crippen LogP contribution >= 0.6 is 0 Å². The van der Waals surface area contributed by atoms with Crippen LogP contribution in [0.2, 0.25) is 0 Å². The van der Waals surface area contributed by atoms with E-state index in [1.165, 1.54) is 25.7 Å². The number of anilines is 2. The number of benzene rings is 2. The average Bonchev–Trinajstić information content (AvgIpc) is 3.33. The molecule has 68 heavy (non-hydrogen) atoms. The topological polar surface area (TPSA) is 129 Å². The highest BCUT2D eigenvalue weighted by Crippen LogP contribution is 2.47. The minimum Gasteiger partial charge on any atom is -0.475 e. The summed E-state index contributed by atoms with van der Waals surface area (Å²) >= 11 is 0. The second-order valence-corrected chi connectivity index (χ2v) is 21.4. The van der Waals surface area contributed by atoms with Gasteiger partial charge in [0, 0.05) is 61.3 Å². The molecule has 0 atom stereocenters. The highest BCUT2D eigenvalue weighted by molar-refractivity contribution is 6.06. The number of aryl methyl sites for hydroxylation is 2. The van der Waals surface area contributed by atoms with Gasteiger partial charge in [0.15, 0.2) is 11.2 Å². The van der Waals surface area contributed by atoms with Gasteiger partial charge in [-0.2, -0.15) is 0 Å². The Morgan fingerprint density at radius 1 is 0.603 bits per heavy atom. The third kappa shape index (κ3) is 10.7. The van der Waals surface area contributed by atoms with Crippen molar-refractivity contribution in [1.82, 2.24) is 15.1 Å². The van der Waals surface area contributed by atoms with Gasteiger partial charge in [-0.1, -0.05) is 65.2 Å². The van der Waals surface area contributed by atoms with Crippen LogP contribution in [0.1, 0.15) is 215 Å². The second-order valence-electron chi connectivity index (χ2n) is 21.4. The summed E-state index contributed by atoms with van der Waals surface area (Å²) in [6.45, 7) is 17.7. The molecule has 0 bridgehead atoms. The van der Waals surface area contributed by atoms with Gasteiger partial charge >= 0.3 is 0 Å². The number of carbonyl (C=O) groups excluding carboxylic acids is 5. The fourth-order valence-corrected chi connectivity index (χ4v) is 12.2. The van der Waals surface area contributed by atoms with Gasteiger partial charge in [-0.25, -0.2) is 0 Å². The highest BCUT2D eigenvalue weighted by atomic mass is 16.5. The fraction of sp³-hybridized carbons (Fsp3) is 0.696. The van der Waals surface area contributed by atoms with Gasteiger partial charge in [-0.3, -0.25) is 24.0 Å². The Morgan fingerprint density at radius 2 is 0.985 bits per heavy atom. The fourth-order valence-electron chi connectivity index (χ4n) is 12.2. The molecule has 0 radical (unpaired) electrons. The molecule has 0 aromatic heterocycles. The number of hydrogen-bond acceptors (Lipinski definition) is 7. The molecule has 2 aromatic rings. The minimum atomic E-state index is -0.843. The van der Waals surface area contributed by atoms with E-state index in [1.807, 2.05) is 54.8 Å². The summed E-state index contributed by atoms with van der Waals surface area (Å²) in [6, 6.07) is 8.56. The molecule has 2 spiro atoms. The molecule has 12 heteroatoms. The Morgan fingerprint density at radius 3 is 1.35 bits per heavy atom. The van der Waals surface area contributed by atoms with E-state index in [2.05, 4.69) is 44.8 Å². The van der Waals surface area contributed by atoms with Crippen molar-refractivity contribution < 1.29 is 33.4 Å². The molecule has 0 unspecified atom stereocenters. The number of rotatable bonds is 12. The number of nitrogens with one attached hydrogen (secondary N) is 1. The Hall–Kier alpha value is -4.61. The summed E-state index contributed by atoms with van der Waals surface area (Å²) in [7, 11) is 0. The third-order valence-electron chi connectivity index (χ3n) is 15.8. The number of carbonyl (C=O) groups is 5. The second kappa shape index (κ2) is 22.4. The molecule has 5 amide bonds. The van der Waals surface area contributed by atoms with Crippen LogP contribution in [-0.4, -0.2) is 94.3 Å². The van der Waals surface area contributed by atoms with Gasteiger partial charge in [0.05, 0.1) is 11.4 Å². The van der Waals surface area contributed by atoms with Crippen LogP contribution in [0.3, 0.4) is 0 Å². The molecular formula is C56H83N5O7. The predicted molar refractivity (Wildman–Crippen MR) is 270 cm³/mol. The summed E-state index contributed by atoms with van der Waals surface area (Å²) in [5.74, 6) is 1.56. The zero-order chi connectivity index (χ0) is 48.8. The quantitative estimate of drug-likeness (QED) is 0.224. The molecule has 2 aliphatic heterocycles. The molecule has 0 saturated heterocycles. The monoisotopic (exact) mass is 938 g/mol. The number of fused-ring (bicyclic) bond motifs is 2. The largest absolute Gasteiger partial charge is 0.475 e. The summed E-state index contributed by atoms with van der Waals surface area (Å²) in [5.41, 5.74) is 3.00. The van der Waals surface area contributed by atoms with E-state index in [9.17, 15) is 24.0 Å². The molecule has 6 aliphatic rings. The van der Waals surface area contributed by atoms with Gasteiger partial charge in [-0.05, 0) is 160 Å². The van der Waals surface area contributed by atoms with Crippen molar-refractivity contribution >= 4 is 40.9 Å². The van der Waals surface area contributed by atoms with Crippen LogP contribution in [0, 0.1) is 13.8 Å². The maximum Gasteiger partial charge on any atom is 0.271 e. The van der Waals surface area contributed by atoms with E-state index in [0.717, 1.165) is 119 Å². The molecule has 4 aliphatic carbocycles. The smallest absolute Gasteiger partial charge is 0.271 e. The Kier molecular flexibility index (Phi) is 16.9. The maximum atomic E-state index is 13.9. The molecule has 12 nitrogen and oxygen atoms in total. The van der Waals surface area contributed by atoms with Crippen LogP contribution in [-0.2, 0) is 14.4 Å². The molecule has 8 rings (SSSR count). The van der Waals surface area contributed by atoms with Gasteiger partial charge in [-0.15, -0.1) is 0 Å². The van der Waals surface area contributed by atoms with Crippen molar-refractivity contribution in [3.05, 3.63) is 46.5 Å². The van der Waals surface area contributed by atoms with Crippen molar-refractivity contribution in [3.8, 4) is 11.5 Å². The van der Waals surface area contributed by atoms with Crippen molar-refractivity contribution in [2.75, 3.05) is 29.4 Å².